The highest BCUT2D eigenvalue weighted by Gasteiger charge is 2.25. The van der Waals surface area contributed by atoms with E-state index in [4.69, 9.17) is 0 Å². The number of halogens is 1. The molecule has 0 radical (unpaired) electrons. The fraction of sp³-hybridized carbons (Fsp3) is 0. The number of hydrogen-bond donors (Lipinski definition) is 0. The molecule has 0 spiro atoms. The third-order valence-corrected chi connectivity index (χ3v) is 6.36. The van der Waals surface area contributed by atoms with Crippen LogP contribution in [0.1, 0.15) is 5.56 Å². The van der Waals surface area contributed by atoms with Gasteiger partial charge in [-0.3, -0.25) is 4.57 Å². The highest BCUT2D eigenvalue weighted by Crippen LogP contribution is 2.44. The van der Waals surface area contributed by atoms with Crippen LogP contribution in [0.3, 0.4) is 0 Å². The van der Waals surface area contributed by atoms with Crippen molar-refractivity contribution in [1.82, 2.24) is 0 Å². The second-order valence-electron chi connectivity index (χ2n) is 5.05. The molecule has 2 nitrogen and oxygen atoms in total. The lowest BCUT2D eigenvalue weighted by Crippen LogP contribution is -2.14. The van der Waals surface area contributed by atoms with Gasteiger partial charge in [0.05, 0.1) is 0 Å². The molecular formula is C19H15BrNOP. The van der Waals surface area contributed by atoms with E-state index < -0.39 is 7.29 Å². The summed E-state index contributed by atoms with van der Waals surface area (Å²) in [7, 11) is -3.05. The lowest BCUT2D eigenvalue weighted by atomic mass is 10.2. The number of benzene rings is 3. The van der Waals surface area contributed by atoms with Gasteiger partial charge in [0, 0.05) is 21.3 Å². The van der Waals surface area contributed by atoms with Gasteiger partial charge in [-0.2, -0.15) is 0 Å². The lowest BCUT2D eigenvalue weighted by molar-refractivity contribution is 0.588. The Morgan fingerprint density at radius 2 is 1.35 bits per heavy atom. The first-order valence-corrected chi connectivity index (χ1v) is 9.66. The molecule has 0 heterocycles. The summed E-state index contributed by atoms with van der Waals surface area (Å²) < 4.78 is 19.2. The van der Waals surface area contributed by atoms with E-state index in [1.165, 1.54) is 0 Å². The molecule has 0 saturated heterocycles. The van der Waals surface area contributed by atoms with Crippen molar-refractivity contribution >= 4 is 40.0 Å². The quantitative estimate of drug-likeness (QED) is 0.470. The third kappa shape index (κ3) is 3.69. The normalized spacial score (nSPS) is 11.7. The van der Waals surface area contributed by atoms with E-state index in [0.29, 0.717) is 0 Å². The van der Waals surface area contributed by atoms with E-state index in [1.54, 1.807) is 6.21 Å². The van der Waals surface area contributed by atoms with Crippen LogP contribution in [0.25, 0.3) is 0 Å². The summed E-state index contributed by atoms with van der Waals surface area (Å²) in [5, 5.41) is 1.47. The highest BCUT2D eigenvalue weighted by molar-refractivity contribution is 9.10. The molecule has 0 aliphatic carbocycles. The first-order chi connectivity index (χ1) is 11.2. The van der Waals surface area contributed by atoms with E-state index in [9.17, 15) is 4.57 Å². The maximum atomic E-state index is 13.7. The van der Waals surface area contributed by atoms with Gasteiger partial charge < -0.3 is 0 Å². The lowest BCUT2D eigenvalue weighted by Gasteiger charge is -2.14. The monoisotopic (exact) mass is 383 g/mol. The summed E-state index contributed by atoms with van der Waals surface area (Å²) in [6.45, 7) is 0. The summed E-state index contributed by atoms with van der Waals surface area (Å²) in [5.41, 5.74) is 0.909. The maximum absolute atomic E-state index is 13.7. The molecule has 0 bridgehead atoms. The molecule has 0 amide bonds. The summed E-state index contributed by atoms with van der Waals surface area (Å²) in [6.07, 6.45) is 1.69. The minimum atomic E-state index is -3.05. The van der Waals surface area contributed by atoms with Gasteiger partial charge in [0.1, 0.15) is 0 Å². The van der Waals surface area contributed by atoms with Crippen LogP contribution in [-0.4, -0.2) is 6.21 Å². The molecule has 3 aromatic rings. The van der Waals surface area contributed by atoms with E-state index in [2.05, 4.69) is 20.7 Å². The van der Waals surface area contributed by atoms with Crippen LogP contribution >= 0.6 is 23.2 Å². The van der Waals surface area contributed by atoms with Crippen LogP contribution in [0.15, 0.2) is 94.2 Å². The predicted molar refractivity (Wildman–Crippen MR) is 101 cm³/mol. The van der Waals surface area contributed by atoms with Crippen molar-refractivity contribution < 1.29 is 4.57 Å². The molecule has 3 aromatic carbocycles. The summed E-state index contributed by atoms with van der Waals surface area (Å²) in [4.78, 5) is 0. The van der Waals surface area contributed by atoms with Gasteiger partial charge in [-0.25, -0.2) is 4.76 Å². The smallest absolute Gasteiger partial charge is 0.247 e. The molecule has 23 heavy (non-hydrogen) atoms. The first-order valence-electron chi connectivity index (χ1n) is 7.21. The highest BCUT2D eigenvalue weighted by atomic mass is 79.9. The van der Waals surface area contributed by atoms with Crippen molar-refractivity contribution in [3.63, 3.8) is 0 Å². The summed E-state index contributed by atoms with van der Waals surface area (Å²) in [5.74, 6) is 0. The Bertz CT molecular complexity index is 819. The molecule has 0 aliphatic rings. The molecule has 0 aromatic heterocycles. The third-order valence-electron chi connectivity index (χ3n) is 3.43. The van der Waals surface area contributed by atoms with Gasteiger partial charge in [0.15, 0.2) is 0 Å². The van der Waals surface area contributed by atoms with Crippen LogP contribution in [0.2, 0.25) is 0 Å². The van der Waals surface area contributed by atoms with Gasteiger partial charge in [-0.05, 0) is 42.0 Å². The van der Waals surface area contributed by atoms with E-state index in [1.807, 2.05) is 84.9 Å². The molecule has 0 saturated carbocycles. The zero-order chi connectivity index (χ0) is 16.1. The van der Waals surface area contributed by atoms with Crippen LogP contribution in [0.5, 0.6) is 0 Å². The van der Waals surface area contributed by atoms with E-state index in [-0.39, 0.29) is 0 Å². The predicted octanol–water partition coefficient (Wildman–Crippen LogP) is 4.80. The fourth-order valence-corrected chi connectivity index (χ4v) is 4.71. The van der Waals surface area contributed by atoms with Gasteiger partial charge in [-0.1, -0.05) is 64.5 Å². The second kappa shape index (κ2) is 7.08. The van der Waals surface area contributed by atoms with Gasteiger partial charge in [0.25, 0.3) is 0 Å². The molecule has 114 valence electrons. The Balaban J connectivity index is 2.08. The molecule has 0 unspecified atom stereocenters. The Kier molecular flexibility index (Phi) is 4.90. The van der Waals surface area contributed by atoms with Gasteiger partial charge in [0.2, 0.25) is 7.29 Å². The van der Waals surface area contributed by atoms with Crippen LogP contribution in [0, 0.1) is 0 Å². The van der Waals surface area contributed by atoms with Gasteiger partial charge in [-0.15, -0.1) is 0 Å². The molecule has 3 rings (SSSR count). The van der Waals surface area contributed by atoms with Crippen molar-refractivity contribution in [3.05, 3.63) is 95.0 Å². The van der Waals surface area contributed by atoms with E-state index >= 15 is 0 Å². The van der Waals surface area contributed by atoms with Crippen molar-refractivity contribution in [2.75, 3.05) is 0 Å². The molecule has 4 heteroatoms. The Morgan fingerprint density at radius 1 is 0.783 bits per heavy atom. The average Bonchev–Trinajstić information content (AvgIpc) is 2.61. The fourth-order valence-electron chi connectivity index (χ4n) is 2.28. The average molecular weight is 384 g/mol. The molecule has 0 aliphatic heterocycles. The Labute approximate surface area is 144 Å². The number of nitrogens with zero attached hydrogens (tertiary/aromatic N) is 1. The van der Waals surface area contributed by atoms with Crippen molar-refractivity contribution in [1.29, 1.82) is 0 Å². The minimum Gasteiger partial charge on any atom is -0.288 e. The number of hydrogen-bond acceptors (Lipinski definition) is 1. The maximum Gasteiger partial charge on any atom is 0.247 e. The standard InChI is InChI=1S/C19H15BrNOP/c20-17-9-7-8-16(14-17)15-21-23(22,18-10-3-1-4-11-18)19-12-5-2-6-13-19/h1-15H/b21-15+. The van der Waals surface area contributed by atoms with E-state index in [0.717, 1.165) is 20.6 Å². The van der Waals surface area contributed by atoms with Crippen LogP contribution in [0.4, 0.5) is 0 Å². The van der Waals surface area contributed by atoms with Crippen LogP contribution < -0.4 is 10.6 Å². The molecule has 0 N–H and O–H groups in total. The van der Waals surface area contributed by atoms with Crippen molar-refractivity contribution in [2.24, 2.45) is 4.76 Å². The largest absolute Gasteiger partial charge is 0.288 e. The zero-order valence-electron chi connectivity index (χ0n) is 12.3. The summed E-state index contributed by atoms with van der Waals surface area (Å²) in [6, 6.07) is 26.6. The second-order valence-corrected chi connectivity index (χ2v) is 8.38. The van der Waals surface area contributed by atoms with Crippen LogP contribution in [-0.2, 0) is 4.57 Å². The van der Waals surface area contributed by atoms with Gasteiger partial charge >= 0.3 is 0 Å². The first kappa shape index (κ1) is 15.9. The molecule has 0 atom stereocenters. The molecule has 0 fully saturated rings. The molecular weight excluding hydrogens is 369 g/mol. The summed E-state index contributed by atoms with van der Waals surface area (Å²) >= 11 is 3.44. The zero-order valence-corrected chi connectivity index (χ0v) is 14.8. The Hall–Kier alpha value is -1.96. The Morgan fingerprint density at radius 3 is 1.87 bits per heavy atom. The number of rotatable bonds is 4. The minimum absolute atomic E-state index is 0.734. The SMILES string of the molecule is O=P(/N=C/c1cccc(Br)c1)(c1ccccc1)c1ccccc1. The topological polar surface area (TPSA) is 29.4 Å². The van der Waals surface area contributed by atoms with Crippen molar-refractivity contribution in [3.8, 4) is 0 Å². The van der Waals surface area contributed by atoms with Crippen molar-refractivity contribution in [2.45, 2.75) is 0 Å².